The maximum atomic E-state index is 11.0. The minimum atomic E-state index is -1.11. The Bertz CT molecular complexity index is 533. The van der Waals surface area contributed by atoms with Crippen LogP contribution < -0.4 is 10.6 Å². The van der Waals surface area contributed by atoms with E-state index < -0.39 is 5.97 Å². The molecule has 1 aliphatic carbocycles. The zero-order valence-corrected chi connectivity index (χ0v) is 7.10. The van der Waals surface area contributed by atoms with Crippen LogP contribution in [0.2, 0.25) is 0 Å². The summed E-state index contributed by atoms with van der Waals surface area (Å²) in [7, 11) is 0. The molecule has 5 heteroatoms. The van der Waals surface area contributed by atoms with Gasteiger partial charge in [0.2, 0.25) is 0 Å². The molecule has 0 bridgehead atoms. The second kappa shape index (κ2) is 3.02. The third-order valence-corrected chi connectivity index (χ3v) is 1.92. The first-order valence-electron chi connectivity index (χ1n) is 3.97. The highest BCUT2D eigenvalue weighted by Gasteiger charge is 2.11. The fourth-order valence-electron chi connectivity index (χ4n) is 1.31. The van der Waals surface area contributed by atoms with Crippen molar-refractivity contribution in [3.63, 3.8) is 0 Å². The van der Waals surface area contributed by atoms with Gasteiger partial charge in [-0.2, -0.15) is 0 Å². The first-order chi connectivity index (χ1) is 6.68. The van der Waals surface area contributed by atoms with Gasteiger partial charge in [-0.3, -0.25) is 4.79 Å². The molecule has 2 rings (SSSR count). The largest absolute Gasteiger partial charge is 0.476 e. The van der Waals surface area contributed by atoms with Gasteiger partial charge in [-0.25, -0.2) is 14.8 Å². The summed E-state index contributed by atoms with van der Waals surface area (Å²) in [5.74, 6) is -1.19. The molecule has 1 aromatic rings. The van der Waals surface area contributed by atoms with Crippen molar-refractivity contribution in [1.82, 2.24) is 9.97 Å². The van der Waals surface area contributed by atoms with Crippen LogP contribution in [-0.4, -0.2) is 26.8 Å². The van der Waals surface area contributed by atoms with Gasteiger partial charge in [0, 0.05) is 17.7 Å². The van der Waals surface area contributed by atoms with Crippen LogP contribution in [-0.2, 0) is 4.79 Å². The van der Waals surface area contributed by atoms with Crippen LogP contribution in [0.25, 0.3) is 12.2 Å². The van der Waals surface area contributed by atoms with E-state index in [4.69, 9.17) is 5.11 Å². The van der Waals surface area contributed by atoms with Crippen molar-refractivity contribution in [2.24, 2.45) is 0 Å². The lowest BCUT2D eigenvalue weighted by atomic mass is 10.1. The number of hydrogen-bond acceptors (Lipinski definition) is 4. The summed E-state index contributed by atoms with van der Waals surface area (Å²) in [6.45, 7) is 0. The second-order valence-electron chi connectivity index (χ2n) is 2.85. The average Bonchev–Trinajstić information content (AvgIpc) is 2.16. The summed E-state index contributed by atoms with van der Waals surface area (Å²) in [4.78, 5) is 29.2. The Morgan fingerprint density at radius 2 is 2.21 bits per heavy atom. The molecular formula is C9H6N2O3. The Morgan fingerprint density at radius 3 is 2.93 bits per heavy atom. The number of aromatic carboxylic acids is 1. The molecule has 1 aliphatic rings. The molecule has 0 saturated carbocycles. The average molecular weight is 190 g/mol. The molecule has 1 N–H and O–H groups in total. The standard InChI is InChI=1S/C9H6N2O3/c12-5-1-2-6-7(3-5)10-4-11-8(6)9(13)14/h2-4H,1H2,(H,13,14). The Kier molecular flexibility index (Phi) is 1.85. The van der Waals surface area contributed by atoms with Gasteiger partial charge in [-0.15, -0.1) is 0 Å². The van der Waals surface area contributed by atoms with Crippen molar-refractivity contribution in [2.75, 3.05) is 0 Å². The topological polar surface area (TPSA) is 80.2 Å². The predicted molar refractivity (Wildman–Crippen MR) is 46.8 cm³/mol. The third-order valence-electron chi connectivity index (χ3n) is 1.92. The van der Waals surface area contributed by atoms with Crippen LogP contribution in [0.4, 0.5) is 0 Å². The lowest BCUT2D eigenvalue weighted by Gasteiger charge is -2.00. The quantitative estimate of drug-likeness (QED) is 0.595. The van der Waals surface area contributed by atoms with Gasteiger partial charge in [-0.05, 0) is 0 Å². The van der Waals surface area contributed by atoms with Crippen LogP contribution in [0.15, 0.2) is 6.33 Å². The van der Waals surface area contributed by atoms with Crippen LogP contribution in [0.5, 0.6) is 0 Å². The Balaban J connectivity index is 2.82. The van der Waals surface area contributed by atoms with Gasteiger partial charge >= 0.3 is 5.97 Å². The van der Waals surface area contributed by atoms with Crippen LogP contribution in [0, 0.1) is 0 Å². The first kappa shape index (κ1) is 8.55. The molecule has 0 aromatic carbocycles. The zero-order valence-electron chi connectivity index (χ0n) is 7.10. The minimum absolute atomic E-state index is 0.0567. The van der Waals surface area contributed by atoms with E-state index in [0.29, 0.717) is 10.6 Å². The van der Waals surface area contributed by atoms with Crippen molar-refractivity contribution in [3.8, 4) is 0 Å². The number of aromatic nitrogens is 2. The fraction of sp³-hybridized carbons (Fsp3) is 0.111. The number of ketones is 1. The highest BCUT2D eigenvalue weighted by Crippen LogP contribution is 1.91. The third kappa shape index (κ3) is 1.28. The Labute approximate surface area is 78.4 Å². The molecule has 14 heavy (non-hydrogen) atoms. The molecule has 0 amide bonds. The van der Waals surface area contributed by atoms with E-state index in [1.807, 2.05) is 0 Å². The maximum absolute atomic E-state index is 11.0. The molecule has 0 aliphatic heterocycles. The predicted octanol–water partition coefficient (Wildman–Crippen LogP) is -1.29. The van der Waals surface area contributed by atoms with E-state index in [1.165, 1.54) is 6.08 Å². The minimum Gasteiger partial charge on any atom is -0.476 e. The van der Waals surface area contributed by atoms with Gasteiger partial charge in [0.25, 0.3) is 0 Å². The van der Waals surface area contributed by atoms with Crippen molar-refractivity contribution in [3.05, 3.63) is 22.6 Å². The van der Waals surface area contributed by atoms with Crippen molar-refractivity contribution in [2.45, 2.75) is 6.42 Å². The molecule has 0 fully saturated rings. The van der Waals surface area contributed by atoms with E-state index in [1.54, 1.807) is 6.08 Å². The van der Waals surface area contributed by atoms with Gasteiger partial charge < -0.3 is 5.11 Å². The van der Waals surface area contributed by atoms with Crippen molar-refractivity contribution in [1.29, 1.82) is 0 Å². The Morgan fingerprint density at radius 1 is 1.43 bits per heavy atom. The molecule has 0 saturated heterocycles. The maximum Gasteiger partial charge on any atom is 0.355 e. The van der Waals surface area contributed by atoms with E-state index in [9.17, 15) is 9.59 Å². The molecule has 70 valence electrons. The number of carbonyl (C=O) groups excluding carboxylic acids is 1. The molecule has 0 spiro atoms. The van der Waals surface area contributed by atoms with Gasteiger partial charge in [0.1, 0.15) is 6.33 Å². The highest BCUT2D eigenvalue weighted by molar-refractivity contribution is 6.09. The van der Waals surface area contributed by atoms with E-state index >= 15 is 0 Å². The number of carboxylic acids is 1. The summed E-state index contributed by atoms with van der Waals surface area (Å²) < 4.78 is 0. The summed E-state index contributed by atoms with van der Waals surface area (Å²) >= 11 is 0. The molecule has 0 atom stereocenters. The molecule has 1 heterocycles. The van der Waals surface area contributed by atoms with Crippen LogP contribution >= 0.6 is 0 Å². The lowest BCUT2D eigenvalue weighted by molar-refractivity contribution is -0.112. The monoisotopic (exact) mass is 190 g/mol. The molecule has 0 radical (unpaired) electrons. The van der Waals surface area contributed by atoms with Crippen molar-refractivity contribution < 1.29 is 14.7 Å². The van der Waals surface area contributed by atoms with Gasteiger partial charge in [-0.1, -0.05) is 6.08 Å². The van der Waals surface area contributed by atoms with E-state index in [2.05, 4.69) is 9.97 Å². The van der Waals surface area contributed by atoms with Gasteiger partial charge in [0.15, 0.2) is 11.5 Å². The molecule has 1 aromatic heterocycles. The first-order valence-corrected chi connectivity index (χ1v) is 3.97. The summed E-state index contributed by atoms with van der Waals surface area (Å²) in [5.41, 5.74) is -0.0567. The van der Waals surface area contributed by atoms with E-state index in [-0.39, 0.29) is 17.9 Å². The number of nitrogens with zero attached hydrogens (tertiary/aromatic N) is 2. The summed E-state index contributed by atoms with van der Waals surface area (Å²) in [6.07, 6.45) is 4.23. The molecule has 5 nitrogen and oxygen atoms in total. The highest BCUT2D eigenvalue weighted by atomic mass is 16.4. The molecular weight excluding hydrogens is 184 g/mol. The number of carboxylic acid groups (broad SMARTS) is 1. The normalized spacial score (nSPS) is 13.9. The zero-order chi connectivity index (χ0) is 10.1. The number of fused-ring (bicyclic) bond motifs is 1. The fourth-order valence-corrected chi connectivity index (χ4v) is 1.31. The van der Waals surface area contributed by atoms with Crippen LogP contribution in [0.3, 0.4) is 0 Å². The molecule has 0 unspecified atom stereocenters. The van der Waals surface area contributed by atoms with Gasteiger partial charge in [0.05, 0.1) is 5.35 Å². The van der Waals surface area contributed by atoms with Crippen molar-refractivity contribution >= 4 is 23.9 Å². The smallest absolute Gasteiger partial charge is 0.355 e. The van der Waals surface area contributed by atoms with Crippen LogP contribution in [0.1, 0.15) is 16.9 Å². The SMILES string of the molecule is O=C1C=c2ncnc(C(=O)O)c2=CC1. The number of hydrogen-bond donors (Lipinski definition) is 1. The number of rotatable bonds is 1. The van der Waals surface area contributed by atoms with E-state index in [0.717, 1.165) is 6.33 Å². The second-order valence-corrected chi connectivity index (χ2v) is 2.85. The number of carbonyl (C=O) groups is 2. The number of Topliss-reactive ketones (excluding diaryl/α,β-unsaturated/α-hetero) is 1. The Hall–Kier alpha value is -2.04. The summed E-state index contributed by atoms with van der Waals surface area (Å²) in [5, 5.41) is 9.61. The lowest BCUT2D eigenvalue weighted by Crippen LogP contribution is -2.37. The summed E-state index contributed by atoms with van der Waals surface area (Å²) in [6, 6.07) is 0.